The van der Waals surface area contributed by atoms with Crippen LogP contribution in [0.15, 0.2) is 18.2 Å². The van der Waals surface area contributed by atoms with E-state index in [1.165, 1.54) is 81.8 Å². The molecule has 1 aromatic carbocycles. The second kappa shape index (κ2) is 12.6. The normalized spacial score (nSPS) is 12.5. The Morgan fingerprint density at radius 2 is 1.21 bits per heavy atom. The Morgan fingerprint density at radius 3 is 1.79 bits per heavy atom. The molecule has 1 rings (SSSR count). The largest absolute Gasteiger partial charge is 0.508 e. The lowest BCUT2D eigenvalue weighted by molar-refractivity contribution is 0.307. The Balaban J connectivity index is 2.31. The summed E-state index contributed by atoms with van der Waals surface area (Å²) in [6.07, 6.45) is 16.8. The van der Waals surface area contributed by atoms with Gasteiger partial charge in [0.1, 0.15) is 5.75 Å². The lowest BCUT2D eigenvalue weighted by Gasteiger charge is -2.22. The van der Waals surface area contributed by atoms with Crippen LogP contribution in [0.4, 0.5) is 0 Å². The molecule has 0 fully saturated rings. The van der Waals surface area contributed by atoms with Crippen molar-refractivity contribution in [2.75, 3.05) is 0 Å². The third-order valence-corrected chi connectivity index (χ3v) is 6.32. The summed E-state index contributed by atoms with van der Waals surface area (Å²) in [5, 5.41) is 9.91. The van der Waals surface area contributed by atoms with Gasteiger partial charge < -0.3 is 5.11 Å². The van der Waals surface area contributed by atoms with Crippen molar-refractivity contribution in [1.29, 1.82) is 0 Å². The molecule has 0 saturated carbocycles. The van der Waals surface area contributed by atoms with Gasteiger partial charge in [-0.15, -0.1) is 0 Å². The molecule has 0 spiro atoms. The fourth-order valence-electron chi connectivity index (χ4n) is 3.86. The third-order valence-electron chi connectivity index (χ3n) is 6.32. The Morgan fingerprint density at radius 1 is 0.679 bits per heavy atom. The summed E-state index contributed by atoms with van der Waals surface area (Å²) in [5.74, 6) is 0.424. The molecule has 0 saturated heterocycles. The molecule has 0 aliphatic rings. The zero-order valence-electron chi connectivity index (χ0n) is 19.9. The fourth-order valence-corrected chi connectivity index (χ4v) is 3.86. The minimum atomic E-state index is 0.424. The summed E-state index contributed by atoms with van der Waals surface area (Å²) in [5.41, 5.74) is 3.81. The van der Waals surface area contributed by atoms with Gasteiger partial charge in [-0.25, -0.2) is 0 Å². The number of aryl methyl sites for hydroxylation is 2. The maximum Gasteiger partial charge on any atom is 0.115 e. The lowest BCUT2D eigenvalue weighted by Crippen LogP contribution is -2.08. The second-order valence-corrected chi connectivity index (χ2v) is 10.9. The molecule has 1 heteroatoms. The summed E-state index contributed by atoms with van der Waals surface area (Å²) in [4.78, 5) is 0. The standard InChI is InChI=1S/C27H48O/c1-7-27(5,6)21-15-11-9-12-16-23-18-19-25(28)22-24(23)17-13-8-10-14-20-26(2,3)4/h18-19,22,28H,7-17,20-21H2,1-6H3. The maximum atomic E-state index is 9.91. The highest BCUT2D eigenvalue weighted by atomic mass is 16.3. The molecule has 0 heterocycles. The van der Waals surface area contributed by atoms with Crippen molar-refractivity contribution in [1.82, 2.24) is 0 Å². The molecule has 0 bridgehead atoms. The number of rotatable bonds is 14. The van der Waals surface area contributed by atoms with Crippen LogP contribution >= 0.6 is 0 Å². The zero-order chi connectivity index (χ0) is 21.0. The van der Waals surface area contributed by atoms with Crippen LogP contribution in [0, 0.1) is 10.8 Å². The fraction of sp³-hybridized carbons (Fsp3) is 0.778. The summed E-state index contributed by atoms with van der Waals surface area (Å²) in [7, 11) is 0. The van der Waals surface area contributed by atoms with E-state index in [2.05, 4.69) is 47.6 Å². The Kier molecular flexibility index (Phi) is 11.2. The predicted molar refractivity (Wildman–Crippen MR) is 125 cm³/mol. The highest BCUT2D eigenvalue weighted by molar-refractivity contribution is 5.35. The number of aromatic hydroxyl groups is 1. The highest BCUT2D eigenvalue weighted by Gasteiger charge is 2.13. The van der Waals surface area contributed by atoms with E-state index in [9.17, 15) is 5.11 Å². The monoisotopic (exact) mass is 388 g/mol. The molecule has 28 heavy (non-hydrogen) atoms. The molecule has 1 nitrogen and oxygen atoms in total. The van der Waals surface area contributed by atoms with E-state index in [-0.39, 0.29) is 0 Å². The minimum absolute atomic E-state index is 0.424. The quantitative estimate of drug-likeness (QED) is 0.315. The number of phenolic OH excluding ortho intramolecular Hbond substituents is 1. The van der Waals surface area contributed by atoms with Gasteiger partial charge in [-0.1, -0.05) is 92.6 Å². The molecule has 0 atom stereocenters. The first kappa shape index (κ1) is 25.1. The summed E-state index contributed by atoms with van der Waals surface area (Å²) >= 11 is 0. The average Bonchev–Trinajstić information content (AvgIpc) is 2.61. The van der Waals surface area contributed by atoms with E-state index in [1.54, 1.807) is 0 Å². The Labute approximate surface area is 176 Å². The molecule has 0 radical (unpaired) electrons. The van der Waals surface area contributed by atoms with Crippen molar-refractivity contribution >= 4 is 0 Å². The molecule has 162 valence electrons. The molecule has 1 aromatic rings. The van der Waals surface area contributed by atoms with Gasteiger partial charge in [0, 0.05) is 0 Å². The summed E-state index contributed by atoms with van der Waals surface area (Å²) in [6.45, 7) is 14.1. The van der Waals surface area contributed by atoms with E-state index in [0.717, 1.165) is 12.8 Å². The van der Waals surface area contributed by atoms with Gasteiger partial charge in [-0.2, -0.15) is 0 Å². The summed E-state index contributed by atoms with van der Waals surface area (Å²) in [6, 6.07) is 6.03. The zero-order valence-corrected chi connectivity index (χ0v) is 19.9. The number of hydrogen-bond acceptors (Lipinski definition) is 1. The molecule has 0 aliphatic heterocycles. The van der Waals surface area contributed by atoms with Gasteiger partial charge in [0.15, 0.2) is 0 Å². The van der Waals surface area contributed by atoms with Crippen molar-refractivity contribution < 1.29 is 5.11 Å². The lowest BCUT2D eigenvalue weighted by atomic mass is 9.84. The van der Waals surface area contributed by atoms with Crippen LogP contribution in [0.2, 0.25) is 0 Å². The predicted octanol–water partition coefficient (Wildman–Crippen LogP) is 8.86. The summed E-state index contributed by atoms with van der Waals surface area (Å²) < 4.78 is 0. The van der Waals surface area contributed by atoms with Crippen LogP contribution < -0.4 is 0 Å². The first-order valence-electron chi connectivity index (χ1n) is 11.9. The topological polar surface area (TPSA) is 20.2 Å². The van der Waals surface area contributed by atoms with Crippen molar-refractivity contribution in [2.24, 2.45) is 10.8 Å². The smallest absolute Gasteiger partial charge is 0.115 e. The number of hydrogen-bond donors (Lipinski definition) is 1. The van der Waals surface area contributed by atoms with Crippen molar-refractivity contribution in [3.05, 3.63) is 29.3 Å². The van der Waals surface area contributed by atoms with Crippen LogP contribution in [0.3, 0.4) is 0 Å². The number of benzene rings is 1. The molecular formula is C27H48O. The first-order chi connectivity index (χ1) is 13.1. The van der Waals surface area contributed by atoms with Crippen LogP contribution in [0.5, 0.6) is 5.75 Å². The van der Waals surface area contributed by atoms with E-state index < -0.39 is 0 Å². The van der Waals surface area contributed by atoms with Gasteiger partial charge in [0.2, 0.25) is 0 Å². The van der Waals surface area contributed by atoms with Crippen molar-refractivity contribution in [3.63, 3.8) is 0 Å². The van der Waals surface area contributed by atoms with Crippen LogP contribution in [-0.4, -0.2) is 5.11 Å². The van der Waals surface area contributed by atoms with Crippen molar-refractivity contribution in [3.8, 4) is 5.75 Å². The van der Waals surface area contributed by atoms with Gasteiger partial charge in [-0.3, -0.25) is 0 Å². The number of unbranched alkanes of at least 4 members (excludes halogenated alkanes) is 6. The second-order valence-electron chi connectivity index (χ2n) is 10.9. The molecule has 0 aliphatic carbocycles. The molecule has 1 N–H and O–H groups in total. The van der Waals surface area contributed by atoms with E-state index in [0.29, 0.717) is 16.6 Å². The van der Waals surface area contributed by atoms with E-state index >= 15 is 0 Å². The van der Waals surface area contributed by atoms with Crippen LogP contribution in [0.1, 0.15) is 123 Å². The first-order valence-corrected chi connectivity index (χ1v) is 11.9. The minimum Gasteiger partial charge on any atom is -0.508 e. The Bertz CT molecular complexity index is 536. The van der Waals surface area contributed by atoms with Gasteiger partial charge in [-0.05, 0) is 72.6 Å². The third kappa shape index (κ3) is 11.8. The molecule has 0 unspecified atom stereocenters. The molecule has 0 aromatic heterocycles. The SMILES string of the molecule is CCC(C)(C)CCCCCCc1ccc(O)cc1CCCCCCC(C)(C)C. The average molecular weight is 389 g/mol. The Hall–Kier alpha value is -0.980. The van der Waals surface area contributed by atoms with Gasteiger partial charge in [0.05, 0.1) is 0 Å². The van der Waals surface area contributed by atoms with Crippen LogP contribution in [0.25, 0.3) is 0 Å². The maximum absolute atomic E-state index is 9.91. The van der Waals surface area contributed by atoms with Gasteiger partial charge >= 0.3 is 0 Å². The van der Waals surface area contributed by atoms with Crippen LogP contribution in [-0.2, 0) is 12.8 Å². The van der Waals surface area contributed by atoms with Gasteiger partial charge in [0.25, 0.3) is 0 Å². The van der Waals surface area contributed by atoms with E-state index in [4.69, 9.17) is 0 Å². The molecular weight excluding hydrogens is 340 g/mol. The molecule has 0 amide bonds. The highest BCUT2D eigenvalue weighted by Crippen LogP contribution is 2.28. The number of phenols is 1. The van der Waals surface area contributed by atoms with Crippen molar-refractivity contribution in [2.45, 2.75) is 125 Å². The van der Waals surface area contributed by atoms with E-state index in [1.807, 2.05) is 12.1 Å².